The first-order valence-electron chi connectivity index (χ1n) is 9.37. The second-order valence-electron chi connectivity index (χ2n) is 6.73. The third kappa shape index (κ3) is 6.58. The van der Waals surface area contributed by atoms with Gasteiger partial charge in [0.05, 0.1) is 20.1 Å². The Balaban J connectivity index is 1.80. The van der Waals surface area contributed by atoms with Gasteiger partial charge >= 0.3 is 10.1 Å². The van der Waals surface area contributed by atoms with Gasteiger partial charge in [-0.05, 0) is 70.0 Å². The summed E-state index contributed by atoms with van der Waals surface area (Å²) in [5.41, 5.74) is 0.101. The first-order valence-corrected chi connectivity index (χ1v) is 12.3. The minimum absolute atomic E-state index is 0.0748. The largest absolute Gasteiger partial charge is 0.378 e. The first-order chi connectivity index (χ1) is 16.5. The Labute approximate surface area is 217 Å². The van der Waals surface area contributed by atoms with Gasteiger partial charge in [0.25, 0.3) is 11.6 Å². The third-order valence-corrected chi connectivity index (χ3v) is 6.78. The van der Waals surface area contributed by atoms with E-state index in [-0.39, 0.29) is 37.1 Å². The number of halogens is 3. The molecule has 0 aliphatic rings. The van der Waals surface area contributed by atoms with E-state index in [1.807, 2.05) is 0 Å². The Bertz CT molecular complexity index is 1500. The molecule has 0 unspecified atom stereocenters. The predicted octanol–water partition coefficient (Wildman–Crippen LogP) is 5.98. The van der Waals surface area contributed by atoms with E-state index in [0.717, 1.165) is 24.3 Å². The SMILES string of the molecule is N#C/C(=C/c1ccc(OS(=O)(=O)c2ccc([N+](=O)[O-])cc2)c(Br)c1)C(=O)Nc1cc(Cl)ccc1Cl. The molecule has 0 bridgehead atoms. The average molecular weight is 597 g/mol. The van der Waals surface area contributed by atoms with Crippen molar-refractivity contribution in [1.82, 2.24) is 0 Å². The van der Waals surface area contributed by atoms with Crippen LogP contribution in [0.25, 0.3) is 6.08 Å². The molecule has 3 aromatic carbocycles. The molecule has 0 spiro atoms. The van der Waals surface area contributed by atoms with Crippen LogP contribution < -0.4 is 9.50 Å². The number of amides is 1. The Hall–Kier alpha value is -3.43. The number of carbonyl (C=O) groups excluding carboxylic acids is 1. The van der Waals surface area contributed by atoms with E-state index in [0.29, 0.717) is 10.6 Å². The molecule has 0 fully saturated rings. The molecular formula is C22H12BrCl2N3O6S. The monoisotopic (exact) mass is 595 g/mol. The van der Waals surface area contributed by atoms with E-state index in [1.54, 1.807) is 12.1 Å². The van der Waals surface area contributed by atoms with E-state index >= 15 is 0 Å². The van der Waals surface area contributed by atoms with Crippen molar-refractivity contribution in [3.8, 4) is 11.8 Å². The number of nitrogens with zero attached hydrogens (tertiary/aromatic N) is 2. The van der Waals surface area contributed by atoms with E-state index < -0.39 is 20.9 Å². The first kappa shape index (κ1) is 26.2. The number of benzene rings is 3. The molecule has 9 nitrogen and oxygen atoms in total. The highest BCUT2D eigenvalue weighted by Gasteiger charge is 2.20. The van der Waals surface area contributed by atoms with Crippen molar-refractivity contribution in [3.05, 3.63) is 96.4 Å². The number of nitrogens with one attached hydrogen (secondary N) is 1. The summed E-state index contributed by atoms with van der Waals surface area (Å²) in [6.07, 6.45) is 1.28. The molecule has 1 N–H and O–H groups in total. The van der Waals surface area contributed by atoms with Gasteiger partial charge in [0.2, 0.25) is 0 Å². The van der Waals surface area contributed by atoms with Gasteiger partial charge < -0.3 is 9.50 Å². The molecule has 0 heterocycles. The van der Waals surface area contributed by atoms with E-state index in [4.69, 9.17) is 27.4 Å². The second kappa shape index (κ2) is 10.9. The van der Waals surface area contributed by atoms with Crippen LogP contribution in [0, 0.1) is 21.4 Å². The highest BCUT2D eigenvalue weighted by Crippen LogP contribution is 2.30. The Morgan fingerprint density at radius 3 is 2.40 bits per heavy atom. The Kier molecular flexibility index (Phi) is 8.14. The van der Waals surface area contributed by atoms with Gasteiger partial charge in [-0.2, -0.15) is 13.7 Å². The fourth-order valence-corrected chi connectivity index (χ4v) is 4.54. The molecule has 13 heteroatoms. The number of non-ortho nitro benzene ring substituents is 1. The van der Waals surface area contributed by atoms with Crippen LogP contribution in [0.2, 0.25) is 10.0 Å². The second-order valence-corrected chi connectivity index (χ2v) is 9.97. The summed E-state index contributed by atoms with van der Waals surface area (Å²) < 4.78 is 30.4. The topological polar surface area (TPSA) is 139 Å². The van der Waals surface area contributed by atoms with Gasteiger partial charge in [0.1, 0.15) is 16.5 Å². The molecule has 1 amide bonds. The lowest BCUT2D eigenvalue weighted by Gasteiger charge is -2.10. The van der Waals surface area contributed by atoms with Gasteiger partial charge in [0.15, 0.2) is 5.75 Å². The fraction of sp³-hybridized carbons (Fsp3) is 0. The number of nitriles is 1. The van der Waals surface area contributed by atoms with Crippen molar-refractivity contribution in [2.24, 2.45) is 0 Å². The molecule has 3 aromatic rings. The van der Waals surface area contributed by atoms with Gasteiger partial charge in [-0.1, -0.05) is 29.3 Å². The maximum Gasteiger partial charge on any atom is 0.339 e. The predicted molar refractivity (Wildman–Crippen MR) is 134 cm³/mol. The lowest BCUT2D eigenvalue weighted by Crippen LogP contribution is -2.13. The lowest BCUT2D eigenvalue weighted by atomic mass is 10.1. The van der Waals surface area contributed by atoms with E-state index in [2.05, 4.69) is 21.2 Å². The normalized spacial score (nSPS) is 11.4. The van der Waals surface area contributed by atoms with Crippen molar-refractivity contribution in [3.63, 3.8) is 0 Å². The van der Waals surface area contributed by atoms with Gasteiger partial charge in [-0.15, -0.1) is 0 Å². The highest BCUT2D eigenvalue weighted by molar-refractivity contribution is 9.10. The van der Waals surface area contributed by atoms with Gasteiger partial charge in [-0.3, -0.25) is 14.9 Å². The molecule has 0 saturated carbocycles. The van der Waals surface area contributed by atoms with Crippen molar-refractivity contribution >= 4 is 72.6 Å². The molecular weight excluding hydrogens is 585 g/mol. The van der Waals surface area contributed by atoms with Crippen LogP contribution in [0.1, 0.15) is 5.56 Å². The summed E-state index contributed by atoms with van der Waals surface area (Å²) >= 11 is 15.1. The molecule has 0 saturated heterocycles. The number of hydrogen-bond acceptors (Lipinski definition) is 7. The molecule has 178 valence electrons. The molecule has 0 aliphatic carbocycles. The summed E-state index contributed by atoms with van der Waals surface area (Å²) in [5, 5.41) is 23.2. The number of carbonyl (C=O) groups is 1. The summed E-state index contributed by atoms with van der Waals surface area (Å²) in [4.78, 5) is 22.3. The van der Waals surface area contributed by atoms with Crippen LogP contribution >= 0.6 is 39.1 Å². The molecule has 35 heavy (non-hydrogen) atoms. The molecule has 0 atom stereocenters. The van der Waals surface area contributed by atoms with Crippen LogP contribution in [0.4, 0.5) is 11.4 Å². The standard InChI is InChI=1S/C22H12BrCl2N3O6S/c23-18-10-13(9-14(12-26)22(29)27-20-11-15(24)2-7-19(20)25)1-8-21(18)34-35(32,33)17-5-3-16(4-6-17)28(30)31/h1-11H,(H,27,29)/b14-9-. The summed E-state index contributed by atoms with van der Waals surface area (Å²) in [6.45, 7) is 0. The number of rotatable bonds is 7. The summed E-state index contributed by atoms with van der Waals surface area (Å²) in [5.74, 6) is -0.803. The number of hydrogen-bond donors (Lipinski definition) is 1. The average Bonchev–Trinajstić information content (AvgIpc) is 2.81. The smallest absolute Gasteiger partial charge is 0.339 e. The van der Waals surface area contributed by atoms with Crippen LogP contribution in [0.3, 0.4) is 0 Å². The zero-order chi connectivity index (χ0) is 25.8. The Morgan fingerprint density at radius 2 is 1.80 bits per heavy atom. The summed E-state index contributed by atoms with van der Waals surface area (Å²) in [6, 6.07) is 14.7. The quantitative estimate of drug-likeness (QED) is 0.116. The number of nitro groups is 1. The molecule has 0 radical (unpaired) electrons. The molecule has 0 aromatic heterocycles. The van der Waals surface area contributed by atoms with Crippen LogP contribution in [-0.4, -0.2) is 19.2 Å². The minimum atomic E-state index is -4.28. The van der Waals surface area contributed by atoms with Crippen molar-refractivity contribution in [2.75, 3.05) is 5.32 Å². The summed E-state index contributed by atoms with van der Waals surface area (Å²) in [7, 11) is -4.28. The lowest BCUT2D eigenvalue weighted by molar-refractivity contribution is -0.384. The third-order valence-electron chi connectivity index (χ3n) is 4.34. The Morgan fingerprint density at radius 1 is 1.11 bits per heavy atom. The molecule has 0 aliphatic heterocycles. The van der Waals surface area contributed by atoms with Crippen molar-refractivity contribution < 1.29 is 22.3 Å². The number of nitro benzene ring substituents is 1. The maximum atomic E-state index is 12.5. The minimum Gasteiger partial charge on any atom is -0.378 e. The maximum absolute atomic E-state index is 12.5. The van der Waals surface area contributed by atoms with E-state index in [9.17, 15) is 28.6 Å². The highest BCUT2D eigenvalue weighted by atomic mass is 79.9. The zero-order valence-electron chi connectivity index (χ0n) is 17.2. The van der Waals surface area contributed by atoms with Crippen LogP contribution in [0.15, 0.2) is 75.6 Å². The van der Waals surface area contributed by atoms with Crippen LogP contribution in [0.5, 0.6) is 5.75 Å². The fourth-order valence-electron chi connectivity index (χ4n) is 2.67. The molecule has 3 rings (SSSR count). The van der Waals surface area contributed by atoms with Gasteiger partial charge in [-0.25, -0.2) is 0 Å². The van der Waals surface area contributed by atoms with Crippen molar-refractivity contribution in [2.45, 2.75) is 4.90 Å². The van der Waals surface area contributed by atoms with Crippen molar-refractivity contribution in [1.29, 1.82) is 5.26 Å². The van der Waals surface area contributed by atoms with Crippen LogP contribution in [-0.2, 0) is 14.9 Å². The number of anilines is 1. The zero-order valence-corrected chi connectivity index (χ0v) is 21.2. The van der Waals surface area contributed by atoms with Gasteiger partial charge in [0, 0.05) is 17.2 Å². The van der Waals surface area contributed by atoms with E-state index in [1.165, 1.54) is 36.4 Å².